The Morgan fingerprint density at radius 1 is 1.47 bits per heavy atom. The van der Waals surface area contributed by atoms with E-state index >= 15 is 0 Å². The Bertz CT molecular complexity index is 563. The minimum absolute atomic E-state index is 0.179. The van der Waals surface area contributed by atoms with Crippen LogP contribution in [0.25, 0.3) is 0 Å². The van der Waals surface area contributed by atoms with Crippen molar-refractivity contribution >= 4 is 16.0 Å². The Balaban J connectivity index is 2.71. The molecule has 7 nitrogen and oxygen atoms in total. The molecule has 0 radical (unpaired) electrons. The van der Waals surface area contributed by atoms with Gasteiger partial charge in [-0.1, -0.05) is 12.0 Å². The van der Waals surface area contributed by atoms with Crippen molar-refractivity contribution in [2.24, 2.45) is 5.73 Å². The number of anilines is 1. The molecule has 0 amide bonds. The van der Waals surface area contributed by atoms with E-state index in [1.165, 1.54) is 13.2 Å². The predicted molar refractivity (Wildman–Crippen MR) is 72.6 cm³/mol. The third-order valence-electron chi connectivity index (χ3n) is 1.90. The van der Waals surface area contributed by atoms with Gasteiger partial charge in [0, 0.05) is 13.7 Å². The topological polar surface area (TPSA) is 106 Å². The number of pyridine rings is 1. The van der Waals surface area contributed by atoms with Gasteiger partial charge in [-0.3, -0.25) is 4.72 Å². The van der Waals surface area contributed by atoms with E-state index in [0.717, 1.165) is 0 Å². The molecule has 19 heavy (non-hydrogen) atoms. The molecule has 1 heterocycles. The Morgan fingerprint density at radius 2 is 2.26 bits per heavy atom. The van der Waals surface area contributed by atoms with Crippen LogP contribution >= 0.6 is 0 Å². The zero-order valence-electron chi connectivity index (χ0n) is 10.5. The maximum absolute atomic E-state index is 11.6. The molecule has 104 valence electrons. The van der Waals surface area contributed by atoms with Gasteiger partial charge in [-0.05, 0) is 18.1 Å². The van der Waals surface area contributed by atoms with Gasteiger partial charge < -0.3 is 10.5 Å². The molecule has 4 N–H and O–H groups in total. The average molecular weight is 284 g/mol. The monoisotopic (exact) mass is 284 g/mol. The highest BCUT2D eigenvalue weighted by molar-refractivity contribution is 7.90. The summed E-state index contributed by atoms with van der Waals surface area (Å²) in [6.45, 7) is 0.686. The first-order chi connectivity index (χ1) is 9.07. The molecule has 8 heteroatoms. The van der Waals surface area contributed by atoms with Gasteiger partial charge in [0.1, 0.15) is 11.5 Å². The van der Waals surface area contributed by atoms with Gasteiger partial charge in [0.05, 0.1) is 13.2 Å². The van der Waals surface area contributed by atoms with Crippen LogP contribution < -0.4 is 15.2 Å². The molecule has 0 saturated carbocycles. The fourth-order valence-corrected chi connectivity index (χ4v) is 1.97. The number of hydrogen-bond acceptors (Lipinski definition) is 5. The summed E-state index contributed by atoms with van der Waals surface area (Å²) >= 11 is 0. The molecule has 0 atom stereocenters. The molecular formula is C11H16N4O3S. The smallest absolute Gasteiger partial charge is 0.300 e. The van der Waals surface area contributed by atoms with Crippen molar-refractivity contribution in [2.45, 2.75) is 0 Å². The third kappa shape index (κ3) is 6.17. The third-order valence-corrected chi connectivity index (χ3v) is 2.97. The molecule has 0 aliphatic carbocycles. The summed E-state index contributed by atoms with van der Waals surface area (Å²) in [4.78, 5) is 4.03. The van der Waals surface area contributed by atoms with Crippen LogP contribution in [0.1, 0.15) is 5.69 Å². The lowest BCUT2D eigenvalue weighted by molar-refractivity contribution is 0.204. The first-order valence-electron chi connectivity index (χ1n) is 5.50. The van der Waals surface area contributed by atoms with Crippen LogP contribution in [0.2, 0.25) is 0 Å². The first kappa shape index (κ1) is 15.4. The van der Waals surface area contributed by atoms with Crippen molar-refractivity contribution < 1.29 is 13.2 Å². The van der Waals surface area contributed by atoms with Gasteiger partial charge in [0.2, 0.25) is 0 Å². The lowest BCUT2D eigenvalue weighted by Gasteiger charge is -2.08. The SMILES string of the molecule is COCCNS(=O)(=O)Nc1cccc(C#CCN)n1. The highest BCUT2D eigenvalue weighted by Crippen LogP contribution is 2.05. The molecule has 0 aliphatic heterocycles. The molecule has 0 spiro atoms. The van der Waals surface area contributed by atoms with E-state index in [4.69, 9.17) is 10.5 Å². The van der Waals surface area contributed by atoms with Crippen molar-refractivity contribution in [2.75, 3.05) is 31.5 Å². The largest absolute Gasteiger partial charge is 0.383 e. The maximum Gasteiger partial charge on any atom is 0.300 e. The zero-order valence-corrected chi connectivity index (χ0v) is 11.3. The Kier molecular flexibility index (Phi) is 6.24. The van der Waals surface area contributed by atoms with Gasteiger partial charge in [0.25, 0.3) is 10.2 Å². The number of methoxy groups -OCH3 is 1. The van der Waals surface area contributed by atoms with E-state index in [9.17, 15) is 8.42 Å². The van der Waals surface area contributed by atoms with E-state index in [1.807, 2.05) is 0 Å². The van der Waals surface area contributed by atoms with Crippen LogP contribution in [-0.2, 0) is 14.9 Å². The summed E-state index contributed by atoms with van der Waals surface area (Å²) in [5.41, 5.74) is 5.70. The highest BCUT2D eigenvalue weighted by Gasteiger charge is 2.09. The molecule has 0 bridgehead atoms. The lowest BCUT2D eigenvalue weighted by atomic mass is 10.3. The molecule has 0 unspecified atom stereocenters. The second kappa shape index (κ2) is 7.70. The zero-order chi connectivity index (χ0) is 14.1. The summed E-state index contributed by atoms with van der Waals surface area (Å²) in [5, 5.41) is 0. The van der Waals surface area contributed by atoms with E-state index < -0.39 is 10.2 Å². The van der Waals surface area contributed by atoms with Gasteiger partial charge in [-0.2, -0.15) is 13.1 Å². The van der Waals surface area contributed by atoms with Gasteiger partial charge >= 0.3 is 0 Å². The number of aromatic nitrogens is 1. The Hall–Kier alpha value is -1.66. The van der Waals surface area contributed by atoms with Crippen LogP contribution in [0.15, 0.2) is 18.2 Å². The molecule has 0 aliphatic rings. The molecule has 0 fully saturated rings. The van der Waals surface area contributed by atoms with Gasteiger partial charge in [-0.15, -0.1) is 0 Å². The number of nitrogens with two attached hydrogens (primary N) is 1. The van der Waals surface area contributed by atoms with Crippen molar-refractivity contribution in [3.63, 3.8) is 0 Å². The van der Waals surface area contributed by atoms with E-state index in [-0.39, 0.29) is 25.5 Å². The summed E-state index contributed by atoms with van der Waals surface area (Å²) in [5.74, 6) is 5.55. The number of ether oxygens (including phenoxy) is 1. The maximum atomic E-state index is 11.6. The van der Waals surface area contributed by atoms with E-state index in [1.54, 1.807) is 12.1 Å². The first-order valence-corrected chi connectivity index (χ1v) is 6.98. The number of hydrogen-bond donors (Lipinski definition) is 3. The average Bonchev–Trinajstić information content (AvgIpc) is 2.36. The van der Waals surface area contributed by atoms with Crippen molar-refractivity contribution in [1.82, 2.24) is 9.71 Å². The van der Waals surface area contributed by atoms with Crippen molar-refractivity contribution in [3.05, 3.63) is 23.9 Å². The summed E-state index contributed by atoms with van der Waals surface area (Å²) in [6, 6.07) is 4.85. The fourth-order valence-electron chi connectivity index (χ4n) is 1.15. The van der Waals surface area contributed by atoms with Crippen LogP contribution in [0.5, 0.6) is 0 Å². The lowest BCUT2D eigenvalue weighted by Crippen LogP contribution is -2.32. The second-order valence-corrected chi connectivity index (χ2v) is 4.91. The summed E-state index contributed by atoms with van der Waals surface area (Å²) in [6.07, 6.45) is 0. The Morgan fingerprint density at radius 3 is 2.95 bits per heavy atom. The highest BCUT2D eigenvalue weighted by atomic mass is 32.2. The van der Waals surface area contributed by atoms with Gasteiger partial charge in [0.15, 0.2) is 0 Å². The summed E-state index contributed by atoms with van der Waals surface area (Å²) < 4.78 is 32.6. The minimum Gasteiger partial charge on any atom is -0.383 e. The standard InChI is InChI=1S/C11H16N4O3S/c1-18-9-8-13-19(16,17)15-11-6-2-4-10(14-11)5-3-7-12/h2,4,6,13H,7-9,12H2,1H3,(H,14,15). The normalized spacial score (nSPS) is 10.6. The summed E-state index contributed by atoms with van der Waals surface area (Å²) in [7, 11) is -2.17. The molecular weight excluding hydrogens is 268 g/mol. The van der Waals surface area contributed by atoms with Gasteiger partial charge in [-0.25, -0.2) is 4.98 Å². The molecule has 0 aromatic carbocycles. The van der Waals surface area contributed by atoms with E-state index in [0.29, 0.717) is 5.69 Å². The van der Waals surface area contributed by atoms with Crippen molar-refractivity contribution in [3.8, 4) is 11.8 Å². The van der Waals surface area contributed by atoms with Crippen LogP contribution in [0.4, 0.5) is 5.82 Å². The molecule has 1 aromatic rings. The van der Waals surface area contributed by atoms with Crippen LogP contribution in [0, 0.1) is 11.8 Å². The number of nitrogens with one attached hydrogen (secondary N) is 2. The molecule has 1 rings (SSSR count). The van der Waals surface area contributed by atoms with Crippen molar-refractivity contribution in [1.29, 1.82) is 0 Å². The minimum atomic E-state index is -3.66. The van der Waals surface area contributed by atoms with Crippen LogP contribution in [0.3, 0.4) is 0 Å². The molecule has 1 aromatic heterocycles. The fraction of sp³-hybridized carbons (Fsp3) is 0.364. The predicted octanol–water partition coefficient (Wildman–Crippen LogP) is -0.715. The van der Waals surface area contributed by atoms with E-state index in [2.05, 4.69) is 26.3 Å². The quantitative estimate of drug-likeness (QED) is 0.472. The van der Waals surface area contributed by atoms with Crippen LogP contribution in [-0.4, -0.2) is 40.2 Å². The number of rotatable bonds is 6. The Labute approximate surface area is 112 Å². The molecule has 0 saturated heterocycles. The number of nitrogens with zero attached hydrogens (tertiary/aromatic N) is 1. The second-order valence-electron chi connectivity index (χ2n) is 3.41.